The summed E-state index contributed by atoms with van der Waals surface area (Å²) in [5.41, 5.74) is 0. The Kier molecular flexibility index (Phi) is 14.3. The molecule has 0 aromatic heterocycles. The SMILES string of the molecule is CC.CC.CNC(C(C)=O)C1CCCCC1. The van der Waals surface area contributed by atoms with Crippen LogP contribution >= 0.6 is 0 Å². The standard InChI is InChI=1S/C10H19NO.2C2H6/c1-8(12)10(11-2)9-6-4-3-5-7-9;2*1-2/h9-11H,3-7H2,1-2H3;2*1-2H3. The van der Waals surface area contributed by atoms with E-state index < -0.39 is 0 Å². The van der Waals surface area contributed by atoms with Gasteiger partial charge in [0.05, 0.1) is 6.04 Å². The highest BCUT2D eigenvalue weighted by molar-refractivity contribution is 5.81. The first kappa shape index (κ1) is 18.0. The van der Waals surface area contributed by atoms with Crippen molar-refractivity contribution in [3.8, 4) is 0 Å². The summed E-state index contributed by atoms with van der Waals surface area (Å²) in [4.78, 5) is 11.2. The van der Waals surface area contributed by atoms with Gasteiger partial charge in [-0.2, -0.15) is 0 Å². The summed E-state index contributed by atoms with van der Waals surface area (Å²) < 4.78 is 0. The Labute approximate surface area is 102 Å². The van der Waals surface area contributed by atoms with E-state index in [9.17, 15) is 4.79 Å². The highest BCUT2D eigenvalue weighted by Crippen LogP contribution is 2.26. The second-order valence-electron chi connectivity index (χ2n) is 3.78. The van der Waals surface area contributed by atoms with Crippen LogP contribution in [0.5, 0.6) is 0 Å². The molecule has 0 spiro atoms. The lowest BCUT2D eigenvalue weighted by Crippen LogP contribution is -2.40. The average Bonchev–Trinajstić information content (AvgIpc) is 2.36. The number of rotatable bonds is 3. The molecule has 16 heavy (non-hydrogen) atoms. The Balaban J connectivity index is 0. The van der Waals surface area contributed by atoms with Gasteiger partial charge in [0.15, 0.2) is 0 Å². The van der Waals surface area contributed by atoms with E-state index in [1.807, 2.05) is 34.7 Å². The summed E-state index contributed by atoms with van der Waals surface area (Å²) in [5, 5.41) is 3.12. The lowest BCUT2D eigenvalue weighted by molar-refractivity contribution is -0.120. The molecule has 0 bridgehead atoms. The number of Topliss-reactive ketones (excluding diaryl/α,β-unsaturated/α-hetero) is 1. The van der Waals surface area contributed by atoms with Crippen molar-refractivity contribution >= 4 is 5.78 Å². The van der Waals surface area contributed by atoms with E-state index in [2.05, 4.69) is 5.32 Å². The zero-order chi connectivity index (χ0) is 13.0. The molecule has 0 saturated heterocycles. The Morgan fingerprint density at radius 3 is 1.81 bits per heavy atom. The first-order valence-corrected chi connectivity index (χ1v) is 6.93. The van der Waals surface area contributed by atoms with Crippen molar-refractivity contribution in [1.82, 2.24) is 5.32 Å². The highest BCUT2D eigenvalue weighted by atomic mass is 16.1. The predicted molar refractivity (Wildman–Crippen MR) is 72.8 cm³/mol. The topological polar surface area (TPSA) is 29.1 Å². The molecule has 1 aliphatic carbocycles. The predicted octanol–water partition coefficient (Wildman–Crippen LogP) is 3.80. The number of ketones is 1. The fraction of sp³-hybridized carbons (Fsp3) is 0.929. The van der Waals surface area contributed by atoms with Gasteiger partial charge in [0.2, 0.25) is 0 Å². The Morgan fingerprint density at radius 2 is 1.50 bits per heavy atom. The van der Waals surface area contributed by atoms with Crippen molar-refractivity contribution in [3.63, 3.8) is 0 Å². The third kappa shape index (κ3) is 7.00. The van der Waals surface area contributed by atoms with Gasteiger partial charge in [-0.1, -0.05) is 47.0 Å². The molecule has 1 saturated carbocycles. The summed E-state index contributed by atoms with van der Waals surface area (Å²) in [6.07, 6.45) is 6.41. The molecule has 2 heteroatoms. The van der Waals surface area contributed by atoms with Crippen LogP contribution in [0.15, 0.2) is 0 Å². The van der Waals surface area contributed by atoms with E-state index in [0.29, 0.717) is 11.7 Å². The van der Waals surface area contributed by atoms with Crippen molar-refractivity contribution in [2.75, 3.05) is 7.05 Å². The second kappa shape index (κ2) is 12.7. The van der Waals surface area contributed by atoms with Crippen LogP contribution in [0.4, 0.5) is 0 Å². The van der Waals surface area contributed by atoms with Crippen LogP contribution in [0.25, 0.3) is 0 Å². The fourth-order valence-corrected chi connectivity index (χ4v) is 2.24. The van der Waals surface area contributed by atoms with Gasteiger partial charge < -0.3 is 5.32 Å². The molecule has 0 heterocycles. The number of carbonyl (C=O) groups excluding carboxylic acids is 1. The zero-order valence-electron chi connectivity index (χ0n) is 12.1. The summed E-state index contributed by atoms with van der Waals surface area (Å²) >= 11 is 0. The quantitative estimate of drug-likeness (QED) is 0.797. The molecule has 0 aliphatic heterocycles. The molecule has 0 aromatic rings. The first-order chi connectivity index (χ1) is 7.75. The van der Waals surface area contributed by atoms with E-state index in [0.717, 1.165) is 0 Å². The zero-order valence-corrected chi connectivity index (χ0v) is 12.1. The van der Waals surface area contributed by atoms with Gasteiger partial charge in [-0.25, -0.2) is 0 Å². The number of nitrogens with one attached hydrogen (secondary N) is 1. The van der Waals surface area contributed by atoms with E-state index in [-0.39, 0.29) is 6.04 Å². The van der Waals surface area contributed by atoms with Crippen molar-refractivity contribution in [1.29, 1.82) is 0 Å². The summed E-state index contributed by atoms with van der Waals surface area (Å²) in [6, 6.07) is 0.116. The van der Waals surface area contributed by atoms with Crippen molar-refractivity contribution in [2.45, 2.75) is 72.8 Å². The number of hydrogen-bond acceptors (Lipinski definition) is 2. The van der Waals surface area contributed by atoms with Crippen molar-refractivity contribution in [2.24, 2.45) is 5.92 Å². The third-order valence-electron chi connectivity index (χ3n) is 2.87. The minimum Gasteiger partial charge on any atom is -0.310 e. The van der Waals surface area contributed by atoms with Crippen LogP contribution in [0.1, 0.15) is 66.7 Å². The van der Waals surface area contributed by atoms with Crippen LogP contribution in [0.3, 0.4) is 0 Å². The van der Waals surface area contributed by atoms with Gasteiger partial charge in [0.25, 0.3) is 0 Å². The van der Waals surface area contributed by atoms with Crippen molar-refractivity contribution < 1.29 is 4.79 Å². The first-order valence-electron chi connectivity index (χ1n) is 6.93. The lowest BCUT2D eigenvalue weighted by Gasteiger charge is -2.28. The molecule has 0 radical (unpaired) electrons. The largest absolute Gasteiger partial charge is 0.310 e. The van der Waals surface area contributed by atoms with E-state index in [1.165, 1.54) is 32.1 Å². The third-order valence-corrected chi connectivity index (χ3v) is 2.87. The molecule has 2 nitrogen and oxygen atoms in total. The van der Waals surface area contributed by atoms with Gasteiger partial charge in [0.1, 0.15) is 5.78 Å². The number of carbonyl (C=O) groups is 1. The van der Waals surface area contributed by atoms with E-state index >= 15 is 0 Å². The van der Waals surface area contributed by atoms with E-state index in [1.54, 1.807) is 6.92 Å². The fourth-order valence-electron chi connectivity index (χ4n) is 2.24. The second-order valence-corrected chi connectivity index (χ2v) is 3.78. The summed E-state index contributed by atoms with van der Waals surface area (Å²) in [5.74, 6) is 0.894. The number of likely N-dealkylation sites (N-methyl/N-ethyl adjacent to an activating group) is 1. The van der Waals surface area contributed by atoms with Crippen molar-refractivity contribution in [3.05, 3.63) is 0 Å². The summed E-state index contributed by atoms with van der Waals surface area (Å²) in [6.45, 7) is 9.69. The maximum Gasteiger partial charge on any atom is 0.146 e. The molecule has 0 amide bonds. The van der Waals surface area contributed by atoms with Gasteiger partial charge in [-0.3, -0.25) is 4.79 Å². The Morgan fingerprint density at radius 1 is 1.06 bits per heavy atom. The molecule has 1 fully saturated rings. The maximum absolute atomic E-state index is 11.2. The van der Waals surface area contributed by atoms with Crippen LogP contribution in [-0.4, -0.2) is 18.9 Å². The molecular formula is C14H31NO. The molecule has 0 aromatic carbocycles. The number of hydrogen-bond donors (Lipinski definition) is 1. The van der Waals surface area contributed by atoms with Gasteiger partial charge in [-0.15, -0.1) is 0 Å². The Bertz CT molecular complexity index is 151. The molecular weight excluding hydrogens is 198 g/mol. The minimum absolute atomic E-state index is 0.116. The van der Waals surface area contributed by atoms with Crippen LogP contribution in [0, 0.1) is 5.92 Å². The summed E-state index contributed by atoms with van der Waals surface area (Å²) in [7, 11) is 1.89. The molecule has 1 atom stereocenters. The van der Waals surface area contributed by atoms with Crippen LogP contribution in [0.2, 0.25) is 0 Å². The van der Waals surface area contributed by atoms with E-state index in [4.69, 9.17) is 0 Å². The molecule has 1 N–H and O–H groups in total. The maximum atomic E-state index is 11.2. The smallest absolute Gasteiger partial charge is 0.146 e. The van der Waals surface area contributed by atoms with Gasteiger partial charge >= 0.3 is 0 Å². The molecule has 1 unspecified atom stereocenters. The molecule has 1 rings (SSSR count). The molecule has 1 aliphatic rings. The average molecular weight is 229 g/mol. The monoisotopic (exact) mass is 229 g/mol. The van der Waals surface area contributed by atoms with Crippen LogP contribution in [-0.2, 0) is 4.79 Å². The Hall–Kier alpha value is -0.370. The normalized spacial score (nSPS) is 17.4. The minimum atomic E-state index is 0.116. The van der Waals surface area contributed by atoms with Gasteiger partial charge in [-0.05, 0) is 32.7 Å². The van der Waals surface area contributed by atoms with Gasteiger partial charge in [0, 0.05) is 0 Å². The van der Waals surface area contributed by atoms with Crippen LogP contribution < -0.4 is 5.32 Å². The lowest BCUT2D eigenvalue weighted by atomic mass is 9.82. The highest BCUT2D eigenvalue weighted by Gasteiger charge is 2.25. The molecule has 98 valence electrons.